The van der Waals surface area contributed by atoms with Crippen LogP contribution in [0.25, 0.3) is 0 Å². The normalized spacial score (nSPS) is 10.8. The van der Waals surface area contributed by atoms with Gasteiger partial charge in [0.05, 0.1) is 0 Å². The molecular formula is C16H26. The molecule has 90 valence electrons. The molecule has 0 aliphatic heterocycles. The predicted octanol–water partition coefficient (Wildman–Crippen LogP) is 4.99. The molecule has 0 unspecified atom stereocenters. The third-order valence-electron chi connectivity index (χ3n) is 3.39. The van der Waals surface area contributed by atoms with Gasteiger partial charge in [0.25, 0.3) is 0 Å². The lowest BCUT2D eigenvalue weighted by Crippen LogP contribution is -1.96. The Kier molecular flexibility index (Phi) is 5.59. The molecule has 0 saturated heterocycles. The summed E-state index contributed by atoms with van der Waals surface area (Å²) in [5.41, 5.74) is 6.09. The average molecular weight is 218 g/mol. The van der Waals surface area contributed by atoms with Gasteiger partial charge in [-0.15, -0.1) is 0 Å². The van der Waals surface area contributed by atoms with E-state index in [2.05, 4.69) is 39.8 Å². The van der Waals surface area contributed by atoms with E-state index in [-0.39, 0.29) is 0 Å². The van der Waals surface area contributed by atoms with Crippen molar-refractivity contribution in [3.63, 3.8) is 0 Å². The Bertz CT molecular complexity index is 289. The summed E-state index contributed by atoms with van der Waals surface area (Å²) in [5.74, 6) is 0. The fraction of sp³-hybridized carbons (Fsp3) is 0.625. The van der Waals surface area contributed by atoms with Crippen molar-refractivity contribution >= 4 is 0 Å². The molecule has 0 aliphatic rings. The Labute approximate surface area is 101 Å². The van der Waals surface area contributed by atoms with Crippen LogP contribution >= 0.6 is 0 Å². The second-order valence-electron chi connectivity index (χ2n) is 4.91. The number of benzene rings is 1. The third-order valence-corrected chi connectivity index (χ3v) is 3.39. The first kappa shape index (κ1) is 13.3. The van der Waals surface area contributed by atoms with Gasteiger partial charge in [-0.25, -0.2) is 0 Å². The maximum atomic E-state index is 2.41. The van der Waals surface area contributed by atoms with Crippen molar-refractivity contribution in [2.24, 2.45) is 0 Å². The summed E-state index contributed by atoms with van der Waals surface area (Å²) >= 11 is 0. The second kappa shape index (κ2) is 6.73. The van der Waals surface area contributed by atoms with Crippen molar-refractivity contribution in [3.8, 4) is 0 Å². The van der Waals surface area contributed by atoms with Crippen molar-refractivity contribution in [1.82, 2.24) is 0 Å². The number of unbranched alkanes of at least 4 members (excludes halogenated alkanes) is 2. The molecule has 16 heavy (non-hydrogen) atoms. The van der Waals surface area contributed by atoms with Crippen molar-refractivity contribution in [3.05, 3.63) is 34.4 Å². The van der Waals surface area contributed by atoms with Gasteiger partial charge in [-0.3, -0.25) is 0 Å². The zero-order valence-electron chi connectivity index (χ0n) is 11.4. The minimum atomic E-state index is 1.25. The third kappa shape index (κ3) is 3.66. The Hall–Kier alpha value is -0.780. The predicted molar refractivity (Wildman–Crippen MR) is 73.1 cm³/mol. The molecule has 0 aliphatic carbocycles. The average Bonchev–Trinajstić information content (AvgIpc) is 2.28. The van der Waals surface area contributed by atoms with E-state index in [9.17, 15) is 0 Å². The standard InChI is InChI=1S/C16H26/c1-5-7-9-15-11-14(4)16(10-8-6-2)12-13(15)3/h11-12H,5-10H2,1-4H3. The van der Waals surface area contributed by atoms with Gasteiger partial charge in [0.2, 0.25) is 0 Å². The molecule has 0 atom stereocenters. The minimum Gasteiger partial charge on any atom is -0.0654 e. The van der Waals surface area contributed by atoms with Gasteiger partial charge >= 0.3 is 0 Å². The quantitative estimate of drug-likeness (QED) is 0.631. The molecule has 0 spiro atoms. The zero-order valence-corrected chi connectivity index (χ0v) is 11.4. The first-order valence-electron chi connectivity index (χ1n) is 6.78. The van der Waals surface area contributed by atoms with Gasteiger partial charge in [0.15, 0.2) is 0 Å². The van der Waals surface area contributed by atoms with Crippen LogP contribution in [0.1, 0.15) is 61.8 Å². The Morgan fingerprint density at radius 1 is 0.750 bits per heavy atom. The molecule has 0 fully saturated rings. The van der Waals surface area contributed by atoms with Gasteiger partial charge in [0, 0.05) is 0 Å². The number of aryl methyl sites for hydroxylation is 4. The van der Waals surface area contributed by atoms with Gasteiger partial charge < -0.3 is 0 Å². The Balaban J connectivity index is 2.79. The number of hydrogen-bond acceptors (Lipinski definition) is 0. The monoisotopic (exact) mass is 218 g/mol. The zero-order chi connectivity index (χ0) is 12.0. The first-order chi connectivity index (χ1) is 7.69. The van der Waals surface area contributed by atoms with Crippen LogP contribution < -0.4 is 0 Å². The molecule has 0 amide bonds. The molecule has 1 aromatic carbocycles. The highest BCUT2D eigenvalue weighted by Gasteiger charge is 2.04. The lowest BCUT2D eigenvalue weighted by molar-refractivity contribution is 0.778. The van der Waals surface area contributed by atoms with Crippen LogP contribution in [0.15, 0.2) is 12.1 Å². The summed E-state index contributed by atoms with van der Waals surface area (Å²) in [6.45, 7) is 9.05. The molecule has 0 heterocycles. The molecule has 0 bridgehead atoms. The van der Waals surface area contributed by atoms with Gasteiger partial charge in [-0.1, -0.05) is 38.8 Å². The van der Waals surface area contributed by atoms with E-state index in [4.69, 9.17) is 0 Å². The van der Waals surface area contributed by atoms with Crippen molar-refractivity contribution in [1.29, 1.82) is 0 Å². The van der Waals surface area contributed by atoms with Crippen molar-refractivity contribution in [2.45, 2.75) is 66.2 Å². The summed E-state index contributed by atoms with van der Waals surface area (Å²) in [6.07, 6.45) is 7.70. The van der Waals surface area contributed by atoms with E-state index >= 15 is 0 Å². The van der Waals surface area contributed by atoms with Crippen molar-refractivity contribution in [2.75, 3.05) is 0 Å². The van der Waals surface area contributed by atoms with Crippen LogP contribution in [-0.2, 0) is 12.8 Å². The lowest BCUT2D eigenvalue weighted by atomic mass is 9.94. The SMILES string of the molecule is CCCCc1cc(C)c(CCCC)cc1C. The Morgan fingerprint density at radius 2 is 1.12 bits per heavy atom. The van der Waals surface area contributed by atoms with E-state index in [1.165, 1.54) is 49.7 Å². The highest BCUT2D eigenvalue weighted by molar-refractivity contribution is 5.37. The smallest absolute Gasteiger partial charge is 0.0276 e. The topological polar surface area (TPSA) is 0 Å². The molecule has 1 aromatic rings. The molecule has 1 rings (SSSR count). The minimum absolute atomic E-state index is 1.25. The fourth-order valence-electron chi connectivity index (χ4n) is 2.21. The van der Waals surface area contributed by atoms with E-state index in [1.807, 2.05) is 0 Å². The molecule has 0 N–H and O–H groups in total. The van der Waals surface area contributed by atoms with E-state index in [1.54, 1.807) is 11.1 Å². The van der Waals surface area contributed by atoms with Gasteiger partial charge in [-0.2, -0.15) is 0 Å². The fourth-order valence-corrected chi connectivity index (χ4v) is 2.21. The molecule has 0 saturated carbocycles. The second-order valence-corrected chi connectivity index (χ2v) is 4.91. The van der Waals surface area contributed by atoms with Crippen LogP contribution in [0.4, 0.5) is 0 Å². The number of hydrogen-bond donors (Lipinski definition) is 0. The highest BCUT2D eigenvalue weighted by Crippen LogP contribution is 2.19. The maximum absolute atomic E-state index is 2.41. The van der Waals surface area contributed by atoms with Gasteiger partial charge in [-0.05, 0) is 61.8 Å². The van der Waals surface area contributed by atoms with Crippen LogP contribution in [0.3, 0.4) is 0 Å². The van der Waals surface area contributed by atoms with Gasteiger partial charge in [0.1, 0.15) is 0 Å². The Morgan fingerprint density at radius 3 is 1.44 bits per heavy atom. The summed E-state index contributed by atoms with van der Waals surface area (Å²) in [7, 11) is 0. The molecule has 0 radical (unpaired) electrons. The van der Waals surface area contributed by atoms with E-state index < -0.39 is 0 Å². The molecule has 0 nitrogen and oxygen atoms in total. The molecule has 0 aromatic heterocycles. The largest absolute Gasteiger partial charge is 0.0654 e. The number of rotatable bonds is 6. The summed E-state index contributed by atoms with van der Waals surface area (Å²) in [4.78, 5) is 0. The summed E-state index contributed by atoms with van der Waals surface area (Å²) in [5, 5.41) is 0. The molecular weight excluding hydrogens is 192 g/mol. The highest BCUT2D eigenvalue weighted by atomic mass is 14.1. The molecule has 0 heteroatoms. The van der Waals surface area contributed by atoms with Crippen LogP contribution in [0, 0.1) is 13.8 Å². The summed E-state index contributed by atoms with van der Waals surface area (Å²) < 4.78 is 0. The van der Waals surface area contributed by atoms with Crippen LogP contribution in [0.2, 0.25) is 0 Å². The van der Waals surface area contributed by atoms with E-state index in [0.29, 0.717) is 0 Å². The van der Waals surface area contributed by atoms with Crippen molar-refractivity contribution < 1.29 is 0 Å². The van der Waals surface area contributed by atoms with E-state index in [0.717, 1.165) is 0 Å². The van der Waals surface area contributed by atoms with Crippen LogP contribution in [-0.4, -0.2) is 0 Å². The summed E-state index contributed by atoms with van der Waals surface area (Å²) in [6, 6.07) is 4.83. The first-order valence-corrected chi connectivity index (χ1v) is 6.78. The maximum Gasteiger partial charge on any atom is -0.0276 e. The lowest BCUT2D eigenvalue weighted by Gasteiger charge is -2.11. The van der Waals surface area contributed by atoms with Crippen LogP contribution in [0.5, 0.6) is 0 Å².